The van der Waals surface area contributed by atoms with Gasteiger partial charge in [0.15, 0.2) is 23.8 Å². The fraction of sp³-hybridized carbons (Fsp3) is 0.158. The normalized spacial score (nSPS) is 10.3. The van der Waals surface area contributed by atoms with Crippen molar-refractivity contribution in [2.45, 2.75) is 6.54 Å². The molecular weight excluding hydrogens is 362 g/mol. The molecule has 9 heteroatoms. The van der Waals surface area contributed by atoms with Crippen LogP contribution in [0.25, 0.3) is 11.3 Å². The van der Waals surface area contributed by atoms with Gasteiger partial charge < -0.3 is 20.5 Å². The van der Waals surface area contributed by atoms with Gasteiger partial charge in [-0.1, -0.05) is 30.3 Å². The number of primary amides is 1. The van der Waals surface area contributed by atoms with Gasteiger partial charge >= 0.3 is 0 Å². The van der Waals surface area contributed by atoms with Crippen molar-refractivity contribution >= 4 is 11.8 Å². The number of hydrogen-bond acceptors (Lipinski definition) is 6. The minimum atomic E-state index is -0.696. The molecule has 0 atom stereocenters. The smallest absolute Gasteiger partial charge is 0.271 e. The molecule has 1 heterocycles. The molecule has 9 nitrogen and oxygen atoms in total. The minimum absolute atomic E-state index is 0.0241. The Morgan fingerprint density at radius 1 is 1.11 bits per heavy atom. The molecule has 144 valence electrons. The van der Waals surface area contributed by atoms with Crippen molar-refractivity contribution in [3.63, 3.8) is 0 Å². The second kappa shape index (κ2) is 8.67. The van der Waals surface area contributed by atoms with Crippen molar-refractivity contribution in [3.8, 4) is 22.8 Å². The van der Waals surface area contributed by atoms with Crippen LogP contribution in [0.5, 0.6) is 11.5 Å². The Kier molecular flexibility index (Phi) is 5.85. The Bertz CT molecular complexity index is 971. The fourth-order valence-corrected chi connectivity index (χ4v) is 2.53. The lowest BCUT2D eigenvalue weighted by Gasteiger charge is -2.12. The van der Waals surface area contributed by atoms with E-state index in [1.54, 1.807) is 18.2 Å². The van der Waals surface area contributed by atoms with Crippen LogP contribution in [0.15, 0.2) is 48.5 Å². The molecule has 28 heavy (non-hydrogen) atoms. The lowest BCUT2D eigenvalue weighted by atomic mass is 10.1. The molecule has 0 fully saturated rings. The van der Waals surface area contributed by atoms with Crippen molar-refractivity contribution in [1.29, 1.82) is 0 Å². The molecule has 0 saturated heterocycles. The van der Waals surface area contributed by atoms with E-state index in [0.717, 1.165) is 5.56 Å². The predicted octanol–water partition coefficient (Wildman–Crippen LogP) is 1.27. The molecule has 0 aliphatic heterocycles. The molecule has 0 bridgehead atoms. The van der Waals surface area contributed by atoms with Gasteiger partial charge in [-0.2, -0.15) is 15.4 Å². The van der Waals surface area contributed by atoms with E-state index >= 15 is 0 Å². The summed E-state index contributed by atoms with van der Waals surface area (Å²) >= 11 is 0. The number of nitrogens with two attached hydrogens (primary N) is 1. The molecule has 2 aromatic carbocycles. The number of H-pyrrole nitrogens is 1. The number of carbonyl (C=O) groups excluding carboxylic acids is 2. The van der Waals surface area contributed by atoms with Crippen molar-refractivity contribution in [2.24, 2.45) is 5.73 Å². The molecule has 0 saturated carbocycles. The van der Waals surface area contributed by atoms with Gasteiger partial charge in [-0.05, 0) is 23.8 Å². The first-order chi connectivity index (χ1) is 13.6. The van der Waals surface area contributed by atoms with Crippen LogP contribution in [0.2, 0.25) is 0 Å². The van der Waals surface area contributed by atoms with E-state index in [1.807, 2.05) is 30.3 Å². The Morgan fingerprint density at radius 2 is 1.89 bits per heavy atom. The molecule has 3 aromatic rings. The van der Waals surface area contributed by atoms with Crippen LogP contribution in [-0.2, 0) is 11.3 Å². The van der Waals surface area contributed by atoms with E-state index in [-0.39, 0.29) is 18.2 Å². The van der Waals surface area contributed by atoms with Crippen LogP contribution >= 0.6 is 0 Å². The molecule has 0 unspecified atom stereocenters. The number of ether oxygens (including phenoxy) is 2. The zero-order valence-electron chi connectivity index (χ0n) is 15.1. The predicted molar refractivity (Wildman–Crippen MR) is 101 cm³/mol. The zero-order chi connectivity index (χ0) is 19.9. The lowest BCUT2D eigenvalue weighted by Crippen LogP contribution is -2.28. The van der Waals surface area contributed by atoms with Crippen molar-refractivity contribution < 1.29 is 19.1 Å². The molecule has 0 aliphatic carbocycles. The van der Waals surface area contributed by atoms with Crippen LogP contribution in [0.1, 0.15) is 16.1 Å². The van der Waals surface area contributed by atoms with Crippen LogP contribution in [0, 0.1) is 0 Å². The second-order valence-corrected chi connectivity index (χ2v) is 5.80. The van der Waals surface area contributed by atoms with Gasteiger partial charge in [-0.15, -0.1) is 0 Å². The summed E-state index contributed by atoms with van der Waals surface area (Å²) in [4.78, 5) is 23.4. The van der Waals surface area contributed by atoms with E-state index in [4.69, 9.17) is 15.2 Å². The van der Waals surface area contributed by atoms with Crippen molar-refractivity contribution in [2.75, 3.05) is 13.7 Å². The summed E-state index contributed by atoms with van der Waals surface area (Å²) in [7, 11) is 1.47. The Balaban J connectivity index is 1.65. The summed E-state index contributed by atoms with van der Waals surface area (Å²) in [5.41, 5.74) is 7.18. The number of methoxy groups -OCH3 is 1. The number of nitrogens with one attached hydrogen (secondary N) is 2. The maximum absolute atomic E-state index is 12.0. The monoisotopic (exact) mass is 381 g/mol. The highest BCUT2D eigenvalue weighted by molar-refractivity contribution is 5.96. The number of nitrogens with zero attached hydrogens (tertiary/aromatic N) is 2. The largest absolute Gasteiger partial charge is 0.493 e. The SMILES string of the molecule is COc1cc(-c2n[nH]nc2C(N)=O)ccc1OCC(=O)NCc1ccccc1. The van der Waals surface area contributed by atoms with Gasteiger partial charge in [0.05, 0.1) is 7.11 Å². The number of carbonyl (C=O) groups is 2. The Labute approximate surface area is 160 Å². The summed E-state index contributed by atoms with van der Waals surface area (Å²) in [6, 6.07) is 14.5. The Hall–Kier alpha value is -3.88. The number of hydrogen-bond donors (Lipinski definition) is 3. The number of benzene rings is 2. The van der Waals surface area contributed by atoms with E-state index in [2.05, 4.69) is 20.7 Å². The fourth-order valence-electron chi connectivity index (χ4n) is 2.53. The molecule has 0 spiro atoms. The average Bonchev–Trinajstić information content (AvgIpc) is 3.21. The third kappa shape index (κ3) is 4.44. The van der Waals surface area contributed by atoms with E-state index in [0.29, 0.717) is 29.3 Å². The molecule has 0 aliphatic rings. The summed E-state index contributed by atoms with van der Waals surface area (Å²) in [5, 5.41) is 12.8. The van der Waals surface area contributed by atoms with Crippen LogP contribution < -0.4 is 20.5 Å². The Morgan fingerprint density at radius 3 is 2.61 bits per heavy atom. The third-order valence-electron chi connectivity index (χ3n) is 3.91. The van der Waals surface area contributed by atoms with Gasteiger partial charge in [0, 0.05) is 12.1 Å². The molecule has 0 radical (unpaired) electrons. The van der Waals surface area contributed by atoms with Crippen molar-refractivity contribution in [3.05, 3.63) is 59.8 Å². The topological polar surface area (TPSA) is 132 Å². The average molecular weight is 381 g/mol. The van der Waals surface area contributed by atoms with Crippen LogP contribution in [0.3, 0.4) is 0 Å². The first-order valence-electron chi connectivity index (χ1n) is 8.41. The number of amides is 2. The molecule has 4 N–H and O–H groups in total. The molecule has 3 rings (SSSR count). The molecule has 1 aromatic heterocycles. The van der Waals surface area contributed by atoms with Gasteiger partial charge in [0.2, 0.25) is 0 Å². The minimum Gasteiger partial charge on any atom is -0.493 e. The van der Waals surface area contributed by atoms with E-state index in [9.17, 15) is 9.59 Å². The highest BCUT2D eigenvalue weighted by Gasteiger charge is 2.17. The maximum Gasteiger partial charge on any atom is 0.271 e. The van der Waals surface area contributed by atoms with E-state index in [1.165, 1.54) is 7.11 Å². The van der Waals surface area contributed by atoms with Gasteiger partial charge in [-0.25, -0.2) is 0 Å². The first-order valence-corrected chi connectivity index (χ1v) is 8.41. The van der Waals surface area contributed by atoms with Crippen molar-refractivity contribution in [1.82, 2.24) is 20.7 Å². The summed E-state index contributed by atoms with van der Waals surface area (Å²) in [6.45, 7) is 0.250. The molecular formula is C19H19N5O4. The maximum atomic E-state index is 12.0. The quantitative estimate of drug-likeness (QED) is 0.538. The zero-order valence-corrected chi connectivity index (χ0v) is 15.1. The number of aromatic nitrogens is 3. The third-order valence-corrected chi connectivity index (χ3v) is 3.91. The standard InChI is InChI=1S/C19H19N5O4/c1-27-15-9-13(17-18(19(20)26)23-24-22-17)7-8-14(15)28-11-16(25)21-10-12-5-3-2-4-6-12/h2-9H,10-11H2,1H3,(H2,20,26)(H,21,25)(H,22,23,24). The highest BCUT2D eigenvalue weighted by Crippen LogP contribution is 2.32. The van der Waals surface area contributed by atoms with Gasteiger partial charge in [0.25, 0.3) is 11.8 Å². The number of aromatic amines is 1. The second-order valence-electron chi connectivity index (χ2n) is 5.80. The van der Waals surface area contributed by atoms with Gasteiger partial charge in [-0.3, -0.25) is 9.59 Å². The van der Waals surface area contributed by atoms with Crippen LogP contribution in [0.4, 0.5) is 0 Å². The summed E-state index contributed by atoms with van der Waals surface area (Å²) in [6.07, 6.45) is 0. The number of rotatable bonds is 8. The van der Waals surface area contributed by atoms with Gasteiger partial charge in [0.1, 0.15) is 5.69 Å². The van der Waals surface area contributed by atoms with E-state index < -0.39 is 5.91 Å². The lowest BCUT2D eigenvalue weighted by molar-refractivity contribution is -0.123. The summed E-state index contributed by atoms with van der Waals surface area (Å²) < 4.78 is 10.9. The first kappa shape index (κ1) is 18.9. The van der Waals surface area contributed by atoms with Crippen LogP contribution in [-0.4, -0.2) is 40.9 Å². The molecule has 2 amide bonds. The summed E-state index contributed by atoms with van der Waals surface area (Å²) in [5.74, 6) is -0.197. The highest BCUT2D eigenvalue weighted by atomic mass is 16.5.